The molecule has 0 saturated heterocycles. The van der Waals surface area contributed by atoms with E-state index in [4.69, 9.17) is 5.73 Å². The third-order valence-electron chi connectivity index (χ3n) is 2.39. The lowest BCUT2D eigenvalue weighted by atomic mass is 10.2. The van der Waals surface area contributed by atoms with Crippen LogP contribution in [0.25, 0.3) is 0 Å². The highest BCUT2D eigenvalue weighted by Crippen LogP contribution is 2.28. The number of benzene rings is 2. The van der Waals surface area contributed by atoms with E-state index >= 15 is 0 Å². The lowest BCUT2D eigenvalue weighted by Crippen LogP contribution is -1.99. The molecule has 6 heteroatoms. The van der Waals surface area contributed by atoms with Gasteiger partial charge in [0.15, 0.2) is 0 Å². The molecule has 2 rings (SSSR count). The molecule has 18 heavy (non-hydrogen) atoms. The topological polar surface area (TPSA) is 81.2 Å². The molecule has 0 aliphatic heterocycles. The molecule has 5 nitrogen and oxygen atoms in total. The highest BCUT2D eigenvalue weighted by atomic mass is 19.1. The Morgan fingerprint density at radius 2 is 1.89 bits per heavy atom. The third kappa shape index (κ3) is 2.37. The van der Waals surface area contributed by atoms with Gasteiger partial charge in [-0.2, -0.15) is 0 Å². The summed E-state index contributed by atoms with van der Waals surface area (Å²) in [6.45, 7) is 0. The summed E-state index contributed by atoms with van der Waals surface area (Å²) in [4.78, 5) is 10.0. The van der Waals surface area contributed by atoms with E-state index in [9.17, 15) is 14.5 Å². The number of nitrogens with one attached hydrogen (secondary N) is 1. The molecule has 3 N–H and O–H groups in total. The Bertz CT molecular complexity index is 602. The molecule has 0 spiro atoms. The first-order chi connectivity index (χ1) is 8.58. The van der Waals surface area contributed by atoms with Crippen LogP contribution in [0.4, 0.5) is 27.1 Å². The number of hydrogen-bond donors (Lipinski definition) is 2. The van der Waals surface area contributed by atoms with Crippen molar-refractivity contribution >= 4 is 22.7 Å². The number of nitro groups is 1. The summed E-state index contributed by atoms with van der Waals surface area (Å²) in [6, 6.07) is 10.1. The molecule has 0 fully saturated rings. The molecule has 0 aliphatic rings. The number of para-hydroxylation sites is 1. The number of hydrogen-bond acceptors (Lipinski definition) is 4. The van der Waals surface area contributed by atoms with Crippen LogP contribution in [0.1, 0.15) is 0 Å². The van der Waals surface area contributed by atoms with Crippen LogP contribution in [-0.4, -0.2) is 4.92 Å². The standard InChI is InChI=1S/C12H10FN3O2/c13-9-3-1-2-4-11(9)15-12-6-5-8(16(17)18)7-10(12)14/h1-7,15H,14H2. The van der Waals surface area contributed by atoms with Crippen LogP contribution in [0.5, 0.6) is 0 Å². The summed E-state index contributed by atoms with van der Waals surface area (Å²) in [5, 5.41) is 13.3. The largest absolute Gasteiger partial charge is 0.397 e. The predicted octanol–water partition coefficient (Wildman–Crippen LogP) is 3.06. The Hall–Kier alpha value is -2.63. The lowest BCUT2D eigenvalue weighted by Gasteiger charge is -2.09. The summed E-state index contributed by atoms with van der Waals surface area (Å²) < 4.78 is 13.4. The van der Waals surface area contributed by atoms with E-state index in [1.54, 1.807) is 18.2 Å². The first kappa shape index (κ1) is 11.8. The van der Waals surface area contributed by atoms with Crippen molar-refractivity contribution in [2.75, 3.05) is 11.1 Å². The molecule has 0 saturated carbocycles. The summed E-state index contributed by atoms with van der Waals surface area (Å²) in [6.07, 6.45) is 0. The highest BCUT2D eigenvalue weighted by Gasteiger charge is 2.09. The van der Waals surface area contributed by atoms with Gasteiger partial charge < -0.3 is 11.1 Å². The molecule has 0 unspecified atom stereocenters. The molecule has 0 bridgehead atoms. The van der Waals surface area contributed by atoms with Gasteiger partial charge in [0.25, 0.3) is 5.69 Å². The maximum atomic E-state index is 13.4. The Morgan fingerprint density at radius 1 is 1.17 bits per heavy atom. The van der Waals surface area contributed by atoms with Crippen LogP contribution in [0.15, 0.2) is 42.5 Å². The van der Waals surface area contributed by atoms with Crippen LogP contribution in [-0.2, 0) is 0 Å². The predicted molar refractivity (Wildman–Crippen MR) is 67.2 cm³/mol. The van der Waals surface area contributed by atoms with E-state index in [-0.39, 0.29) is 17.1 Å². The van der Waals surface area contributed by atoms with Gasteiger partial charge in [0, 0.05) is 12.1 Å². The van der Waals surface area contributed by atoms with Crippen molar-refractivity contribution in [3.8, 4) is 0 Å². The minimum atomic E-state index is -0.538. The Morgan fingerprint density at radius 3 is 2.50 bits per heavy atom. The smallest absolute Gasteiger partial charge is 0.271 e. The molecular formula is C12H10FN3O2. The van der Waals surface area contributed by atoms with Crippen LogP contribution >= 0.6 is 0 Å². The van der Waals surface area contributed by atoms with E-state index in [0.29, 0.717) is 5.69 Å². The number of nitro benzene ring substituents is 1. The van der Waals surface area contributed by atoms with Gasteiger partial charge in [-0.15, -0.1) is 0 Å². The van der Waals surface area contributed by atoms with Gasteiger partial charge in [-0.3, -0.25) is 10.1 Å². The number of halogens is 1. The number of non-ortho nitro benzene ring substituents is 1. The average Bonchev–Trinajstić information content (AvgIpc) is 2.34. The zero-order chi connectivity index (χ0) is 13.1. The fraction of sp³-hybridized carbons (Fsp3) is 0. The van der Waals surface area contributed by atoms with Crippen molar-refractivity contribution < 1.29 is 9.31 Å². The van der Waals surface area contributed by atoms with Crippen LogP contribution in [0, 0.1) is 15.9 Å². The maximum Gasteiger partial charge on any atom is 0.271 e. The van der Waals surface area contributed by atoms with E-state index in [1.165, 1.54) is 24.3 Å². The molecule has 2 aromatic carbocycles. The maximum absolute atomic E-state index is 13.4. The Labute approximate surface area is 102 Å². The molecule has 0 aromatic heterocycles. The second-order valence-electron chi connectivity index (χ2n) is 3.63. The second kappa shape index (κ2) is 4.70. The second-order valence-corrected chi connectivity index (χ2v) is 3.63. The number of nitrogens with two attached hydrogens (primary N) is 1. The fourth-order valence-electron chi connectivity index (χ4n) is 1.49. The van der Waals surface area contributed by atoms with Gasteiger partial charge in [-0.1, -0.05) is 12.1 Å². The number of anilines is 3. The van der Waals surface area contributed by atoms with Crippen LogP contribution in [0.2, 0.25) is 0 Å². The van der Waals surface area contributed by atoms with Gasteiger partial charge in [0.2, 0.25) is 0 Å². The van der Waals surface area contributed by atoms with Crippen LogP contribution in [0.3, 0.4) is 0 Å². The minimum absolute atomic E-state index is 0.105. The monoisotopic (exact) mass is 247 g/mol. The highest BCUT2D eigenvalue weighted by molar-refractivity contribution is 5.74. The lowest BCUT2D eigenvalue weighted by molar-refractivity contribution is -0.384. The summed E-state index contributed by atoms with van der Waals surface area (Å²) in [5.74, 6) is -0.421. The summed E-state index contributed by atoms with van der Waals surface area (Å²) in [7, 11) is 0. The first-order valence-electron chi connectivity index (χ1n) is 5.13. The SMILES string of the molecule is Nc1cc([N+](=O)[O-])ccc1Nc1ccccc1F. The first-order valence-corrected chi connectivity index (χ1v) is 5.13. The van der Waals surface area contributed by atoms with Crippen LogP contribution < -0.4 is 11.1 Å². The van der Waals surface area contributed by atoms with Gasteiger partial charge in [-0.25, -0.2) is 4.39 Å². The van der Waals surface area contributed by atoms with E-state index < -0.39 is 10.7 Å². The van der Waals surface area contributed by atoms with Crippen molar-refractivity contribution in [1.82, 2.24) is 0 Å². The molecule has 0 amide bonds. The normalized spacial score (nSPS) is 10.1. The molecule has 92 valence electrons. The third-order valence-corrected chi connectivity index (χ3v) is 2.39. The van der Waals surface area contributed by atoms with Crippen molar-refractivity contribution in [3.63, 3.8) is 0 Å². The molecule has 0 heterocycles. The number of nitrogen functional groups attached to an aromatic ring is 1. The minimum Gasteiger partial charge on any atom is -0.397 e. The van der Waals surface area contributed by atoms with Gasteiger partial charge in [0.05, 0.1) is 22.0 Å². The van der Waals surface area contributed by atoms with E-state index in [0.717, 1.165) is 0 Å². The number of nitrogens with zero attached hydrogens (tertiary/aromatic N) is 1. The zero-order valence-corrected chi connectivity index (χ0v) is 9.26. The van der Waals surface area contributed by atoms with Gasteiger partial charge in [0.1, 0.15) is 5.82 Å². The van der Waals surface area contributed by atoms with Gasteiger partial charge in [-0.05, 0) is 18.2 Å². The average molecular weight is 247 g/mol. The molecule has 0 aliphatic carbocycles. The Kier molecular flexibility index (Phi) is 3.09. The quantitative estimate of drug-likeness (QED) is 0.496. The number of rotatable bonds is 3. The zero-order valence-electron chi connectivity index (χ0n) is 9.26. The van der Waals surface area contributed by atoms with Crippen molar-refractivity contribution in [3.05, 3.63) is 58.4 Å². The fourth-order valence-corrected chi connectivity index (χ4v) is 1.49. The van der Waals surface area contributed by atoms with Crippen molar-refractivity contribution in [2.24, 2.45) is 0 Å². The Balaban J connectivity index is 2.30. The molecular weight excluding hydrogens is 237 g/mol. The van der Waals surface area contributed by atoms with Crippen molar-refractivity contribution in [2.45, 2.75) is 0 Å². The molecule has 2 aromatic rings. The summed E-state index contributed by atoms with van der Waals surface area (Å²) in [5.41, 5.74) is 6.43. The van der Waals surface area contributed by atoms with E-state index in [1.807, 2.05) is 0 Å². The molecule has 0 radical (unpaired) electrons. The molecule has 0 atom stereocenters. The van der Waals surface area contributed by atoms with E-state index in [2.05, 4.69) is 5.32 Å². The summed E-state index contributed by atoms with van der Waals surface area (Å²) >= 11 is 0. The van der Waals surface area contributed by atoms with Crippen molar-refractivity contribution in [1.29, 1.82) is 0 Å². The van der Waals surface area contributed by atoms with Gasteiger partial charge >= 0.3 is 0 Å².